The number of aromatic nitrogens is 2. The minimum atomic E-state index is -1.26. The predicted octanol–water partition coefficient (Wildman–Crippen LogP) is 0.317. The summed E-state index contributed by atoms with van der Waals surface area (Å²) in [6.07, 6.45) is 3.71. The summed E-state index contributed by atoms with van der Waals surface area (Å²) in [5.74, 6) is 0.910. The molecule has 128 valence electrons. The molecule has 2 saturated heterocycles. The second kappa shape index (κ2) is 6.78. The third-order valence-electron chi connectivity index (χ3n) is 4.54. The van der Waals surface area contributed by atoms with Gasteiger partial charge in [0.15, 0.2) is 5.60 Å². The van der Waals surface area contributed by atoms with E-state index < -0.39 is 11.8 Å². The molecule has 2 N–H and O–H groups in total. The van der Waals surface area contributed by atoms with Crippen molar-refractivity contribution in [3.05, 3.63) is 18.0 Å². The summed E-state index contributed by atoms with van der Waals surface area (Å²) >= 11 is 1.58. The monoisotopic (exact) mass is 342 g/mol. The van der Waals surface area contributed by atoms with Crippen LogP contribution in [0.15, 0.2) is 12.4 Å². The van der Waals surface area contributed by atoms with Crippen LogP contribution in [0.2, 0.25) is 0 Å². The molecule has 2 aliphatic rings. The molecule has 1 unspecified atom stereocenters. The highest BCUT2D eigenvalue weighted by Crippen LogP contribution is 2.28. The number of carbonyl (C=O) groups excluding carboxylic acids is 1. The Hall–Kier alpha value is -1.12. The Morgan fingerprint density at radius 2 is 2.48 bits per heavy atom. The van der Waals surface area contributed by atoms with Crippen LogP contribution in [0.5, 0.6) is 0 Å². The summed E-state index contributed by atoms with van der Waals surface area (Å²) in [6.45, 7) is 1.36. The smallest absolute Gasteiger partial charge is 0.252 e. The van der Waals surface area contributed by atoms with Gasteiger partial charge in [0, 0.05) is 50.2 Å². The number of carbonyl (C=O) groups is 1. The van der Waals surface area contributed by atoms with E-state index in [1.54, 1.807) is 22.6 Å². The van der Waals surface area contributed by atoms with E-state index in [4.69, 9.17) is 0 Å². The lowest BCUT2D eigenvalue weighted by Gasteiger charge is -2.26. The van der Waals surface area contributed by atoms with Crippen LogP contribution >= 0.6 is 11.8 Å². The first kappa shape index (κ1) is 16.7. The molecule has 0 aliphatic carbocycles. The van der Waals surface area contributed by atoms with Crippen molar-refractivity contribution in [1.82, 2.24) is 20.0 Å². The third kappa shape index (κ3) is 3.87. The van der Waals surface area contributed by atoms with Crippen LogP contribution in [-0.2, 0) is 18.4 Å². The van der Waals surface area contributed by atoms with Crippen molar-refractivity contribution in [2.45, 2.75) is 37.2 Å². The molecule has 1 amide bonds. The van der Waals surface area contributed by atoms with Gasteiger partial charge in [-0.1, -0.05) is 0 Å². The highest BCUT2D eigenvalue weighted by molar-refractivity contribution is 7.99. The summed E-state index contributed by atoms with van der Waals surface area (Å²) in [4.78, 5) is 14.2. The van der Waals surface area contributed by atoms with Gasteiger partial charge in [0.25, 0.3) is 5.91 Å². The maximum Gasteiger partial charge on any atom is 0.252 e. The van der Waals surface area contributed by atoms with E-state index in [0.717, 1.165) is 11.3 Å². The number of hydrogen-bond acceptors (Lipinski definition) is 5. The van der Waals surface area contributed by atoms with Crippen molar-refractivity contribution < 1.29 is 14.3 Å². The van der Waals surface area contributed by atoms with Crippen LogP contribution in [0, 0.1) is 0 Å². The quantitative estimate of drug-likeness (QED) is 0.806. The summed E-state index contributed by atoms with van der Waals surface area (Å²) in [5, 5.41) is 17.2. The fourth-order valence-corrected chi connectivity index (χ4v) is 4.46. The van der Waals surface area contributed by atoms with Gasteiger partial charge in [-0.3, -0.25) is 14.4 Å². The first-order valence-corrected chi connectivity index (χ1v) is 9.06. The number of thioether (sulfide) groups is 1. The molecule has 1 aromatic heterocycles. The average molecular weight is 342 g/mol. The van der Waals surface area contributed by atoms with E-state index >= 15 is 0 Å². The Kier molecular flexibility index (Phi) is 4.93. The van der Waals surface area contributed by atoms with Gasteiger partial charge in [-0.2, -0.15) is 16.9 Å². The van der Waals surface area contributed by atoms with Gasteiger partial charge in [0.05, 0.1) is 6.20 Å². The highest BCUT2D eigenvalue weighted by atomic mass is 32.2. The highest BCUT2D eigenvalue weighted by Gasteiger charge is 2.40. The van der Waals surface area contributed by atoms with Crippen LogP contribution in [0.25, 0.3) is 0 Å². The van der Waals surface area contributed by atoms with Gasteiger partial charge in [-0.05, 0) is 18.6 Å². The van der Waals surface area contributed by atoms with Crippen molar-refractivity contribution in [3.8, 4) is 0 Å². The summed E-state index contributed by atoms with van der Waals surface area (Å²) in [6, 6.07) is -0.0492. The normalized spacial score (nSPS) is 31.6. The molecule has 0 saturated carbocycles. The number of rotatable bonds is 5. The minimum absolute atomic E-state index is 0.0492. The molecule has 23 heavy (non-hydrogen) atoms. The second-order valence-electron chi connectivity index (χ2n) is 6.48. The number of likely N-dealkylation sites (tertiary alicyclic amines) is 1. The van der Waals surface area contributed by atoms with E-state index in [-0.39, 0.29) is 11.9 Å². The van der Waals surface area contributed by atoms with Crippen molar-refractivity contribution in [2.75, 3.05) is 24.6 Å². The van der Waals surface area contributed by atoms with Crippen molar-refractivity contribution in [1.29, 1.82) is 0 Å². The molecule has 0 bridgehead atoms. The molecule has 8 heteroatoms. The number of alkyl halides is 1. The zero-order valence-electron chi connectivity index (χ0n) is 13.2. The van der Waals surface area contributed by atoms with Gasteiger partial charge in [0.2, 0.25) is 0 Å². The molecule has 0 spiro atoms. The SMILES string of the molecule is Cn1cc(CN2C[C@@H](F)C[C@H]2CNC(=O)C2(O)CCSC2)cn1. The molecule has 3 atom stereocenters. The van der Waals surface area contributed by atoms with Crippen LogP contribution in [0.4, 0.5) is 4.39 Å². The standard InChI is InChI=1S/C15H23FN4O2S/c1-19-7-11(5-18-19)8-20-9-12(16)4-13(20)6-17-14(21)15(22)2-3-23-10-15/h5,7,12-13,22H,2-4,6,8-10H2,1H3,(H,17,21)/t12-,13-,15?/m0/s1. The lowest BCUT2D eigenvalue weighted by atomic mass is 10.0. The molecule has 0 radical (unpaired) electrons. The first-order valence-electron chi connectivity index (χ1n) is 7.90. The molecule has 1 aromatic rings. The van der Waals surface area contributed by atoms with Gasteiger partial charge in [-0.25, -0.2) is 4.39 Å². The number of aliphatic hydroxyl groups is 1. The number of hydrogen-bond donors (Lipinski definition) is 2. The Morgan fingerprint density at radius 3 is 3.13 bits per heavy atom. The van der Waals surface area contributed by atoms with Gasteiger partial charge in [-0.15, -0.1) is 0 Å². The van der Waals surface area contributed by atoms with Crippen molar-refractivity contribution in [2.24, 2.45) is 7.05 Å². The van der Waals surface area contributed by atoms with Crippen molar-refractivity contribution >= 4 is 17.7 Å². The molecule has 3 heterocycles. The van der Waals surface area contributed by atoms with E-state index in [0.29, 0.717) is 38.2 Å². The summed E-state index contributed by atoms with van der Waals surface area (Å²) in [5.41, 5.74) is -0.226. The maximum atomic E-state index is 13.8. The van der Waals surface area contributed by atoms with Crippen LogP contribution in [0.3, 0.4) is 0 Å². The Morgan fingerprint density at radius 1 is 1.65 bits per heavy atom. The first-order chi connectivity index (χ1) is 11.0. The van der Waals surface area contributed by atoms with Gasteiger partial charge in [0.1, 0.15) is 6.17 Å². The number of aryl methyl sites for hydroxylation is 1. The molecule has 2 aliphatic heterocycles. The number of nitrogens with zero attached hydrogens (tertiary/aromatic N) is 3. The third-order valence-corrected chi connectivity index (χ3v) is 5.72. The molecule has 0 aromatic carbocycles. The molecule has 6 nitrogen and oxygen atoms in total. The minimum Gasteiger partial charge on any atom is -0.379 e. The van der Waals surface area contributed by atoms with E-state index in [1.165, 1.54) is 0 Å². The van der Waals surface area contributed by atoms with E-state index in [9.17, 15) is 14.3 Å². The molecular weight excluding hydrogens is 319 g/mol. The zero-order chi connectivity index (χ0) is 16.4. The molecule has 2 fully saturated rings. The Labute approximate surface area is 139 Å². The summed E-state index contributed by atoms with van der Waals surface area (Å²) in [7, 11) is 1.85. The van der Waals surface area contributed by atoms with Crippen LogP contribution < -0.4 is 5.32 Å². The zero-order valence-corrected chi connectivity index (χ0v) is 14.1. The van der Waals surface area contributed by atoms with E-state index in [1.807, 2.05) is 18.1 Å². The largest absolute Gasteiger partial charge is 0.379 e. The number of amides is 1. The molecular formula is C15H23FN4O2S. The lowest BCUT2D eigenvalue weighted by Crippen LogP contribution is -2.50. The maximum absolute atomic E-state index is 13.8. The molecule has 3 rings (SSSR count). The summed E-state index contributed by atoms with van der Waals surface area (Å²) < 4.78 is 15.5. The van der Waals surface area contributed by atoms with E-state index in [2.05, 4.69) is 10.4 Å². The fourth-order valence-electron chi connectivity index (χ4n) is 3.22. The van der Waals surface area contributed by atoms with Crippen molar-refractivity contribution in [3.63, 3.8) is 0 Å². The lowest BCUT2D eigenvalue weighted by molar-refractivity contribution is -0.137. The van der Waals surface area contributed by atoms with Gasteiger partial charge < -0.3 is 10.4 Å². The van der Waals surface area contributed by atoms with Gasteiger partial charge >= 0.3 is 0 Å². The predicted molar refractivity (Wildman–Crippen MR) is 86.8 cm³/mol. The Bertz CT molecular complexity index is 561. The Balaban J connectivity index is 1.56. The average Bonchev–Trinajstić information content (AvgIpc) is 3.19. The fraction of sp³-hybridized carbons (Fsp3) is 0.733. The number of halogens is 1. The second-order valence-corrected chi connectivity index (χ2v) is 7.59. The van der Waals surface area contributed by atoms with Crippen LogP contribution in [-0.4, -0.2) is 68.1 Å². The topological polar surface area (TPSA) is 70.4 Å². The number of nitrogens with one attached hydrogen (secondary N) is 1. The van der Waals surface area contributed by atoms with Crippen LogP contribution in [0.1, 0.15) is 18.4 Å².